The normalized spacial score (nSPS) is 11.3. The lowest BCUT2D eigenvalue weighted by molar-refractivity contribution is 0.521. The predicted octanol–water partition coefficient (Wildman–Crippen LogP) is 3.81. The highest BCUT2D eigenvalue weighted by atomic mass is 15.0. The van der Waals surface area contributed by atoms with Crippen molar-refractivity contribution < 1.29 is 0 Å². The van der Waals surface area contributed by atoms with E-state index >= 15 is 0 Å². The van der Waals surface area contributed by atoms with Gasteiger partial charge in [-0.05, 0) is 31.0 Å². The summed E-state index contributed by atoms with van der Waals surface area (Å²) in [6.45, 7) is 10.0. The van der Waals surface area contributed by atoms with Crippen LogP contribution in [0.4, 0.5) is 0 Å². The van der Waals surface area contributed by atoms with Crippen LogP contribution in [-0.2, 0) is 13.1 Å². The molecule has 0 aliphatic carbocycles. The third kappa shape index (κ3) is 5.92. The van der Waals surface area contributed by atoms with Crippen molar-refractivity contribution in [1.82, 2.24) is 9.88 Å². The maximum Gasteiger partial charge on any atom is 0.0359 e. The standard InChI is InChI=1S/C15H28N2/c1-4-5-6-7-10-17-11-8-9-15(17)13-16-12-14(2)3/h8-9,11,14,16H,4-7,10,12-13H2,1-3H3. The lowest BCUT2D eigenvalue weighted by atomic mass is 10.2. The van der Waals surface area contributed by atoms with E-state index in [9.17, 15) is 0 Å². The van der Waals surface area contributed by atoms with Crippen LogP contribution in [0.2, 0.25) is 0 Å². The molecule has 1 N–H and O–H groups in total. The smallest absolute Gasteiger partial charge is 0.0359 e. The van der Waals surface area contributed by atoms with Gasteiger partial charge in [0.2, 0.25) is 0 Å². The molecule has 0 radical (unpaired) electrons. The Labute approximate surface area is 106 Å². The molecule has 2 nitrogen and oxygen atoms in total. The van der Waals surface area contributed by atoms with Gasteiger partial charge in [0.05, 0.1) is 0 Å². The molecule has 1 aromatic rings. The van der Waals surface area contributed by atoms with Crippen LogP contribution in [0.25, 0.3) is 0 Å². The molecule has 1 aromatic heterocycles. The Hall–Kier alpha value is -0.760. The number of rotatable bonds is 9. The SMILES string of the molecule is CCCCCCn1cccc1CNCC(C)C. The van der Waals surface area contributed by atoms with E-state index in [0.717, 1.165) is 19.0 Å². The number of hydrogen-bond donors (Lipinski definition) is 1. The molecule has 98 valence electrons. The van der Waals surface area contributed by atoms with E-state index < -0.39 is 0 Å². The average Bonchev–Trinajstić information content (AvgIpc) is 2.72. The largest absolute Gasteiger partial charge is 0.350 e. The topological polar surface area (TPSA) is 17.0 Å². The van der Waals surface area contributed by atoms with Crippen LogP contribution in [0.5, 0.6) is 0 Å². The van der Waals surface area contributed by atoms with Crippen LogP contribution in [0, 0.1) is 5.92 Å². The van der Waals surface area contributed by atoms with Crippen LogP contribution in [-0.4, -0.2) is 11.1 Å². The Morgan fingerprint density at radius 1 is 1.24 bits per heavy atom. The second kappa shape index (κ2) is 8.35. The van der Waals surface area contributed by atoms with Gasteiger partial charge in [0.15, 0.2) is 0 Å². The molecule has 0 fully saturated rings. The van der Waals surface area contributed by atoms with Crippen molar-refractivity contribution in [1.29, 1.82) is 0 Å². The van der Waals surface area contributed by atoms with Crippen molar-refractivity contribution in [3.8, 4) is 0 Å². The van der Waals surface area contributed by atoms with Crippen LogP contribution in [0.3, 0.4) is 0 Å². The summed E-state index contributed by atoms with van der Waals surface area (Å²) in [5, 5.41) is 3.51. The lowest BCUT2D eigenvalue weighted by Crippen LogP contribution is -2.20. The van der Waals surface area contributed by atoms with Crippen LogP contribution in [0.15, 0.2) is 18.3 Å². The summed E-state index contributed by atoms with van der Waals surface area (Å²) in [7, 11) is 0. The molecule has 0 spiro atoms. The first kappa shape index (κ1) is 14.3. The molecule has 0 bridgehead atoms. The number of nitrogens with one attached hydrogen (secondary N) is 1. The molecule has 0 saturated heterocycles. The molecule has 17 heavy (non-hydrogen) atoms. The van der Waals surface area contributed by atoms with Crippen molar-refractivity contribution in [3.05, 3.63) is 24.0 Å². The summed E-state index contributed by atoms with van der Waals surface area (Å²) in [5.74, 6) is 0.725. The van der Waals surface area contributed by atoms with E-state index in [-0.39, 0.29) is 0 Å². The summed E-state index contributed by atoms with van der Waals surface area (Å²) >= 11 is 0. The molecule has 0 atom stereocenters. The third-order valence-corrected chi connectivity index (χ3v) is 3.03. The predicted molar refractivity (Wildman–Crippen MR) is 75.1 cm³/mol. The fourth-order valence-electron chi connectivity index (χ4n) is 2.03. The second-order valence-electron chi connectivity index (χ2n) is 5.28. The first-order valence-corrected chi connectivity index (χ1v) is 7.08. The Balaban J connectivity index is 2.27. The van der Waals surface area contributed by atoms with Gasteiger partial charge in [0.25, 0.3) is 0 Å². The number of unbranched alkanes of at least 4 members (excludes halogenated alkanes) is 3. The van der Waals surface area contributed by atoms with E-state index in [2.05, 4.69) is 49.0 Å². The summed E-state index contributed by atoms with van der Waals surface area (Å²) in [6, 6.07) is 4.39. The maximum absolute atomic E-state index is 3.51. The Morgan fingerprint density at radius 3 is 2.76 bits per heavy atom. The highest BCUT2D eigenvalue weighted by Crippen LogP contribution is 2.07. The van der Waals surface area contributed by atoms with Gasteiger partial charge < -0.3 is 9.88 Å². The van der Waals surface area contributed by atoms with Gasteiger partial charge in [-0.15, -0.1) is 0 Å². The van der Waals surface area contributed by atoms with Gasteiger partial charge in [0.1, 0.15) is 0 Å². The highest BCUT2D eigenvalue weighted by molar-refractivity contribution is 5.06. The summed E-state index contributed by atoms with van der Waals surface area (Å²) < 4.78 is 2.39. The summed E-state index contributed by atoms with van der Waals surface area (Å²) in [5.41, 5.74) is 1.42. The van der Waals surface area contributed by atoms with Gasteiger partial charge in [-0.1, -0.05) is 40.0 Å². The molecular formula is C15H28N2. The van der Waals surface area contributed by atoms with Gasteiger partial charge in [-0.3, -0.25) is 0 Å². The van der Waals surface area contributed by atoms with E-state index in [1.807, 2.05) is 0 Å². The molecule has 0 aliphatic rings. The minimum atomic E-state index is 0.725. The zero-order valence-electron chi connectivity index (χ0n) is 11.7. The number of aromatic nitrogens is 1. The second-order valence-corrected chi connectivity index (χ2v) is 5.28. The van der Waals surface area contributed by atoms with Crippen molar-refractivity contribution in [2.24, 2.45) is 5.92 Å². The molecule has 1 rings (SSSR count). The number of hydrogen-bond acceptors (Lipinski definition) is 1. The van der Waals surface area contributed by atoms with E-state index in [0.29, 0.717) is 0 Å². The Bertz CT molecular complexity index is 289. The van der Waals surface area contributed by atoms with Crippen LogP contribution in [0.1, 0.15) is 52.1 Å². The molecule has 0 amide bonds. The van der Waals surface area contributed by atoms with Gasteiger partial charge >= 0.3 is 0 Å². The average molecular weight is 236 g/mol. The summed E-state index contributed by atoms with van der Waals surface area (Å²) in [6.07, 6.45) is 7.54. The molecule has 0 unspecified atom stereocenters. The fraction of sp³-hybridized carbons (Fsp3) is 0.733. The van der Waals surface area contributed by atoms with Crippen LogP contribution < -0.4 is 5.32 Å². The first-order chi connectivity index (χ1) is 8.24. The molecule has 0 saturated carbocycles. The van der Waals surface area contributed by atoms with Crippen molar-refractivity contribution >= 4 is 0 Å². The third-order valence-electron chi connectivity index (χ3n) is 3.03. The van der Waals surface area contributed by atoms with E-state index in [1.54, 1.807) is 0 Å². The zero-order chi connectivity index (χ0) is 12.5. The first-order valence-electron chi connectivity index (χ1n) is 7.08. The molecule has 0 aromatic carbocycles. The zero-order valence-corrected chi connectivity index (χ0v) is 11.7. The maximum atomic E-state index is 3.51. The van der Waals surface area contributed by atoms with Crippen molar-refractivity contribution in [2.45, 2.75) is 59.5 Å². The summed E-state index contributed by atoms with van der Waals surface area (Å²) in [4.78, 5) is 0. The molecular weight excluding hydrogens is 208 g/mol. The Morgan fingerprint density at radius 2 is 2.06 bits per heavy atom. The Kier molecular flexibility index (Phi) is 7.02. The van der Waals surface area contributed by atoms with Crippen molar-refractivity contribution in [3.63, 3.8) is 0 Å². The van der Waals surface area contributed by atoms with Crippen LogP contribution >= 0.6 is 0 Å². The molecule has 2 heteroatoms. The quantitative estimate of drug-likeness (QED) is 0.645. The van der Waals surface area contributed by atoms with Crippen molar-refractivity contribution in [2.75, 3.05) is 6.54 Å². The lowest BCUT2D eigenvalue weighted by Gasteiger charge is -2.11. The van der Waals surface area contributed by atoms with Gasteiger partial charge in [-0.25, -0.2) is 0 Å². The van der Waals surface area contributed by atoms with Gasteiger partial charge in [-0.2, -0.15) is 0 Å². The van der Waals surface area contributed by atoms with E-state index in [4.69, 9.17) is 0 Å². The van der Waals surface area contributed by atoms with Gasteiger partial charge in [0, 0.05) is 25.0 Å². The number of nitrogens with zero attached hydrogens (tertiary/aromatic N) is 1. The van der Waals surface area contributed by atoms with E-state index in [1.165, 1.54) is 37.9 Å². The molecule has 0 aliphatic heterocycles. The molecule has 1 heterocycles. The minimum absolute atomic E-state index is 0.725. The fourth-order valence-corrected chi connectivity index (χ4v) is 2.03. The monoisotopic (exact) mass is 236 g/mol. The highest BCUT2D eigenvalue weighted by Gasteiger charge is 2.01. The number of aryl methyl sites for hydroxylation is 1. The minimum Gasteiger partial charge on any atom is -0.350 e.